The summed E-state index contributed by atoms with van der Waals surface area (Å²) in [6, 6.07) is 12.2. The second kappa shape index (κ2) is 7.62. The fourth-order valence-corrected chi connectivity index (χ4v) is 3.83. The van der Waals surface area contributed by atoms with Crippen LogP contribution in [0.15, 0.2) is 41.2 Å². The molecule has 1 aliphatic carbocycles. The zero-order valence-electron chi connectivity index (χ0n) is 15.4. The molecular weight excluding hydrogens is 326 g/mol. The minimum absolute atomic E-state index is 0.0999. The maximum Gasteiger partial charge on any atom is 0.266 e. The van der Waals surface area contributed by atoms with Crippen LogP contribution in [-0.2, 0) is 7.05 Å². The molecule has 2 heterocycles. The molecule has 2 aromatic rings. The van der Waals surface area contributed by atoms with Gasteiger partial charge in [0.25, 0.3) is 5.56 Å². The number of rotatable bonds is 5. The number of hydrogen-bond acceptors (Lipinski definition) is 4. The minimum Gasteiger partial charge on any atom is -0.493 e. The lowest BCUT2D eigenvalue weighted by Crippen LogP contribution is -2.45. The van der Waals surface area contributed by atoms with E-state index in [2.05, 4.69) is 10.00 Å². The van der Waals surface area contributed by atoms with Crippen molar-refractivity contribution in [3.63, 3.8) is 0 Å². The molecule has 1 aromatic carbocycles. The van der Waals surface area contributed by atoms with E-state index in [4.69, 9.17) is 4.74 Å². The minimum atomic E-state index is -0.0999. The topological polar surface area (TPSA) is 47.4 Å². The van der Waals surface area contributed by atoms with Gasteiger partial charge in [-0.15, -0.1) is 0 Å². The van der Waals surface area contributed by atoms with Crippen LogP contribution in [0.2, 0.25) is 0 Å². The van der Waals surface area contributed by atoms with Crippen LogP contribution in [0.1, 0.15) is 32.1 Å². The summed E-state index contributed by atoms with van der Waals surface area (Å²) in [7, 11) is 1.67. The first kappa shape index (κ1) is 17.3. The van der Waals surface area contributed by atoms with Gasteiger partial charge >= 0.3 is 0 Å². The summed E-state index contributed by atoms with van der Waals surface area (Å²) >= 11 is 0. The number of nitrogens with zero attached hydrogens (tertiary/aromatic N) is 3. The Hall–Kier alpha value is -2.14. The van der Waals surface area contributed by atoms with Gasteiger partial charge in [0.1, 0.15) is 5.75 Å². The number of piperidine rings is 1. The van der Waals surface area contributed by atoms with Crippen molar-refractivity contribution in [2.24, 2.45) is 13.0 Å². The Morgan fingerprint density at radius 1 is 1.04 bits per heavy atom. The van der Waals surface area contributed by atoms with Crippen molar-refractivity contribution < 1.29 is 4.74 Å². The quantitative estimate of drug-likeness (QED) is 0.829. The third-order valence-electron chi connectivity index (χ3n) is 5.84. The van der Waals surface area contributed by atoms with Gasteiger partial charge in [0.2, 0.25) is 0 Å². The molecule has 138 valence electrons. The summed E-state index contributed by atoms with van der Waals surface area (Å²) < 4.78 is 7.38. The summed E-state index contributed by atoms with van der Waals surface area (Å²) in [6.07, 6.45) is 6.71. The van der Waals surface area contributed by atoms with Crippen LogP contribution in [0.5, 0.6) is 5.75 Å². The predicted octanol–water partition coefficient (Wildman–Crippen LogP) is 3.09. The van der Waals surface area contributed by atoms with Crippen LogP contribution in [-0.4, -0.2) is 40.4 Å². The lowest BCUT2D eigenvalue weighted by molar-refractivity contribution is 0.0708. The molecule has 0 N–H and O–H groups in total. The third kappa shape index (κ3) is 3.83. The van der Waals surface area contributed by atoms with E-state index in [0.29, 0.717) is 5.92 Å². The molecule has 1 aromatic heterocycles. The Labute approximate surface area is 154 Å². The van der Waals surface area contributed by atoms with Crippen molar-refractivity contribution >= 4 is 0 Å². The van der Waals surface area contributed by atoms with Gasteiger partial charge in [-0.3, -0.25) is 4.79 Å². The van der Waals surface area contributed by atoms with Crippen LogP contribution < -0.4 is 10.3 Å². The maximum atomic E-state index is 11.4. The second-order valence-corrected chi connectivity index (χ2v) is 7.58. The molecule has 1 aliphatic heterocycles. The average molecular weight is 353 g/mol. The fourth-order valence-electron chi connectivity index (χ4n) is 3.83. The van der Waals surface area contributed by atoms with E-state index in [0.717, 1.165) is 29.7 Å². The zero-order chi connectivity index (χ0) is 17.9. The highest BCUT2D eigenvalue weighted by Crippen LogP contribution is 2.29. The lowest BCUT2D eigenvalue weighted by Gasteiger charge is -2.41. The molecule has 1 saturated carbocycles. The highest BCUT2D eigenvalue weighted by Gasteiger charge is 2.28. The summed E-state index contributed by atoms with van der Waals surface area (Å²) in [4.78, 5) is 14.1. The highest BCUT2D eigenvalue weighted by atomic mass is 16.5. The molecule has 5 nitrogen and oxygen atoms in total. The smallest absolute Gasteiger partial charge is 0.266 e. The maximum absolute atomic E-state index is 11.4. The summed E-state index contributed by atoms with van der Waals surface area (Å²) in [5.41, 5.74) is 1.68. The van der Waals surface area contributed by atoms with E-state index in [1.165, 1.54) is 49.9 Å². The van der Waals surface area contributed by atoms with Crippen LogP contribution in [0.3, 0.4) is 0 Å². The highest BCUT2D eigenvalue weighted by molar-refractivity contribution is 5.59. The van der Waals surface area contributed by atoms with E-state index in [9.17, 15) is 4.79 Å². The van der Waals surface area contributed by atoms with E-state index in [1.807, 2.05) is 24.3 Å². The van der Waals surface area contributed by atoms with Gasteiger partial charge in [-0.25, -0.2) is 4.68 Å². The first-order valence-electron chi connectivity index (χ1n) is 9.71. The van der Waals surface area contributed by atoms with Crippen molar-refractivity contribution in [1.82, 2.24) is 14.7 Å². The average Bonchev–Trinajstić information content (AvgIpc) is 2.62. The van der Waals surface area contributed by atoms with E-state index >= 15 is 0 Å². The van der Waals surface area contributed by atoms with Crippen LogP contribution in [0.25, 0.3) is 11.3 Å². The van der Waals surface area contributed by atoms with Gasteiger partial charge in [0, 0.05) is 24.7 Å². The molecule has 0 unspecified atom stereocenters. The molecule has 1 saturated heterocycles. The Balaban J connectivity index is 1.29. The second-order valence-electron chi connectivity index (χ2n) is 7.58. The molecule has 2 aliphatic rings. The molecule has 4 rings (SSSR count). The molecule has 0 spiro atoms. The van der Waals surface area contributed by atoms with Gasteiger partial charge < -0.3 is 9.64 Å². The fraction of sp³-hybridized carbons (Fsp3) is 0.524. The van der Waals surface area contributed by atoms with E-state index < -0.39 is 0 Å². The number of hydrogen-bond donors (Lipinski definition) is 0. The molecular formula is C21H27N3O2. The van der Waals surface area contributed by atoms with Gasteiger partial charge in [-0.2, -0.15) is 5.10 Å². The molecule has 0 amide bonds. The summed E-state index contributed by atoms with van der Waals surface area (Å²) in [6.45, 7) is 3.27. The van der Waals surface area contributed by atoms with Gasteiger partial charge in [-0.05, 0) is 75.0 Å². The first-order valence-corrected chi connectivity index (χ1v) is 9.71. The number of aryl methyl sites for hydroxylation is 1. The van der Waals surface area contributed by atoms with Crippen LogP contribution >= 0.6 is 0 Å². The molecule has 0 radical (unpaired) electrons. The molecule has 5 heteroatoms. The SMILES string of the molecule is Cn1nc(-c2ccc(OCC3CCN(C4CCC4)CC3)cc2)ccc1=O. The number of aromatic nitrogens is 2. The van der Waals surface area contributed by atoms with E-state index in [1.54, 1.807) is 19.2 Å². The molecule has 0 atom stereocenters. The number of ether oxygens (including phenoxy) is 1. The van der Waals surface area contributed by atoms with Crippen LogP contribution in [0, 0.1) is 5.92 Å². The number of likely N-dealkylation sites (tertiary alicyclic amines) is 1. The first-order chi connectivity index (χ1) is 12.7. The lowest BCUT2D eigenvalue weighted by atomic mass is 9.88. The zero-order valence-corrected chi connectivity index (χ0v) is 15.4. The van der Waals surface area contributed by atoms with E-state index in [-0.39, 0.29) is 5.56 Å². The Morgan fingerprint density at radius 3 is 2.38 bits per heavy atom. The van der Waals surface area contributed by atoms with Crippen molar-refractivity contribution in [2.45, 2.75) is 38.1 Å². The standard InChI is InChI=1S/C21H27N3O2/c1-23-21(25)10-9-20(22-23)17-5-7-19(8-6-17)26-15-16-11-13-24(14-12-16)18-3-2-4-18/h5-10,16,18H,2-4,11-15H2,1H3. The number of benzene rings is 1. The molecule has 26 heavy (non-hydrogen) atoms. The monoisotopic (exact) mass is 353 g/mol. The summed E-state index contributed by atoms with van der Waals surface area (Å²) in [5.74, 6) is 1.57. The molecule has 0 bridgehead atoms. The largest absolute Gasteiger partial charge is 0.493 e. The van der Waals surface area contributed by atoms with Crippen LogP contribution in [0.4, 0.5) is 0 Å². The van der Waals surface area contributed by atoms with Crippen molar-refractivity contribution in [2.75, 3.05) is 19.7 Å². The predicted molar refractivity (Wildman–Crippen MR) is 102 cm³/mol. The van der Waals surface area contributed by atoms with Crippen molar-refractivity contribution in [3.8, 4) is 17.0 Å². The van der Waals surface area contributed by atoms with Crippen molar-refractivity contribution in [3.05, 3.63) is 46.8 Å². The Kier molecular flexibility index (Phi) is 5.07. The van der Waals surface area contributed by atoms with Gasteiger partial charge in [0.15, 0.2) is 0 Å². The van der Waals surface area contributed by atoms with Gasteiger partial charge in [0.05, 0.1) is 12.3 Å². The Bertz CT molecular complexity index is 788. The Morgan fingerprint density at radius 2 is 1.77 bits per heavy atom. The van der Waals surface area contributed by atoms with Crippen molar-refractivity contribution in [1.29, 1.82) is 0 Å². The third-order valence-corrected chi connectivity index (χ3v) is 5.84. The summed E-state index contributed by atoms with van der Waals surface area (Å²) in [5, 5.41) is 4.28. The normalized spacial score (nSPS) is 19.3. The van der Waals surface area contributed by atoms with Gasteiger partial charge in [-0.1, -0.05) is 6.42 Å². The molecule has 2 fully saturated rings.